The highest BCUT2D eigenvalue weighted by atomic mass is 16.7. The Kier molecular flexibility index (Phi) is 12.6. The number of carbonyl (C=O) groups is 1. The Morgan fingerprint density at radius 2 is 1.87 bits per heavy atom. The van der Waals surface area contributed by atoms with Gasteiger partial charge in [-0.3, -0.25) is 4.79 Å². The van der Waals surface area contributed by atoms with E-state index in [0.717, 1.165) is 24.8 Å². The van der Waals surface area contributed by atoms with E-state index in [1.165, 1.54) is 5.57 Å². The molecule has 0 aromatic carbocycles. The van der Waals surface area contributed by atoms with Crippen molar-refractivity contribution in [1.29, 1.82) is 0 Å². The fourth-order valence-corrected chi connectivity index (χ4v) is 3.36. The Labute approximate surface area is 184 Å². The second kappa shape index (κ2) is 14.3. The van der Waals surface area contributed by atoms with Crippen molar-refractivity contribution in [1.82, 2.24) is 0 Å². The molecule has 168 valence electrons. The normalized spacial score (nSPS) is 22.9. The Balaban J connectivity index is 2.59. The highest BCUT2D eigenvalue weighted by Crippen LogP contribution is 2.18. The average Bonchev–Trinajstić information content (AvgIpc) is 2.70. The second-order valence-electron chi connectivity index (χ2n) is 8.48. The molecule has 0 aromatic rings. The van der Waals surface area contributed by atoms with E-state index in [9.17, 15) is 4.79 Å². The summed E-state index contributed by atoms with van der Waals surface area (Å²) >= 11 is 0. The molecule has 1 aliphatic heterocycles. The number of hydrogen-bond acceptors (Lipinski definition) is 3. The van der Waals surface area contributed by atoms with Crippen LogP contribution in [-0.4, -0.2) is 24.3 Å². The van der Waals surface area contributed by atoms with Crippen LogP contribution in [0.1, 0.15) is 74.1 Å². The van der Waals surface area contributed by atoms with Crippen molar-refractivity contribution in [2.24, 2.45) is 11.8 Å². The lowest BCUT2D eigenvalue weighted by molar-refractivity contribution is -0.154. The molecule has 3 heteroatoms. The monoisotopic (exact) mass is 414 g/mol. The molecule has 30 heavy (non-hydrogen) atoms. The quantitative estimate of drug-likeness (QED) is 0.252. The lowest BCUT2D eigenvalue weighted by Crippen LogP contribution is -2.27. The van der Waals surface area contributed by atoms with Gasteiger partial charge in [0.1, 0.15) is 5.78 Å². The Hall–Kier alpha value is -1.71. The van der Waals surface area contributed by atoms with Crippen LogP contribution in [0.2, 0.25) is 0 Å². The molecule has 0 N–H and O–H groups in total. The summed E-state index contributed by atoms with van der Waals surface area (Å²) in [5, 5.41) is 0. The number of carbonyl (C=O) groups excluding carboxylic acids is 1. The molecule has 3 nitrogen and oxygen atoms in total. The van der Waals surface area contributed by atoms with E-state index in [0.29, 0.717) is 12.3 Å². The third-order valence-corrected chi connectivity index (χ3v) is 5.07. The molecule has 0 amide bonds. The van der Waals surface area contributed by atoms with E-state index in [-0.39, 0.29) is 30.2 Å². The minimum Gasteiger partial charge on any atom is -0.346 e. The van der Waals surface area contributed by atoms with Crippen molar-refractivity contribution in [3.8, 4) is 0 Å². The van der Waals surface area contributed by atoms with Crippen LogP contribution in [0, 0.1) is 11.8 Å². The second-order valence-corrected chi connectivity index (χ2v) is 8.48. The van der Waals surface area contributed by atoms with Crippen molar-refractivity contribution in [2.45, 2.75) is 92.6 Å². The van der Waals surface area contributed by atoms with Crippen molar-refractivity contribution in [3.63, 3.8) is 0 Å². The van der Waals surface area contributed by atoms with Gasteiger partial charge in [-0.1, -0.05) is 81.4 Å². The number of ether oxygens (including phenoxy) is 2. The van der Waals surface area contributed by atoms with Crippen molar-refractivity contribution < 1.29 is 14.3 Å². The molecule has 0 unspecified atom stereocenters. The number of rotatable bonds is 12. The van der Waals surface area contributed by atoms with E-state index in [1.807, 2.05) is 33.8 Å². The maximum Gasteiger partial charge on any atom is 0.177 e. The van der Waals surface area contributed by atoms with Gasteiger partial charge in [-0.05, 0) is 52.0 Å². The highest BCUT2D eigenvalue weighted by Gasteiger charge is 2.17. The third-order valence-electron chi connectivity index (χ3n) is 5.07. The Morgan fingerprint density at radius 1 is 1.13 bits per heavy atom. The molecule has 4 atom stereocenters. The summed E-state index contributed by atoms with van der Waals surface area (Å²) in [5.41, 5.74) is 2.47. The zero-order valence-electron chi connectivity index (χ0n) is 20.1. The largest absolute Gasteiger partial charge is 0.346 e. The predicted octanol–water partition coefficient (Wildman–Crippen LogP) is 7.12. The number of hydrogen-bond donors (Lipinski definition) is 0. The summed E-state index contributed by atoms with van der Waals surface area (Å²) in [5.74, 6) is 0.738. The molecule has 0 fully saturated rings. The molecule has 0 saturated heterocycles. The smallest absolute Gasteiger partial charge is 0.177 e. The average molecular weight is 415 g/mol. The molecule has 0 aliphatic carbocycles. The van der Waals surface area contributed by atoms with Gasteiger partial charge in [-0.15, -0.1) is 0 Å². The summed E-state index contributed by atoms with van der Waals surface area (Å²) in [4.78, 5) is 11.7. The molecule has 1 aliphatic rings. The minimum absolute atomic E-state index is 0.00353. The summed E-state index contributed by atoms with van der Waals surface area (Å²) in [7, 11) is 0. The first-order valence-electron chi connectivity index (χ1n) is 11.5. The summed E-state index contributed by atoms with van der Waals surface area (Å²) in [6.07, 6.45) is 20.6. The van der Waals surface area contributed by atoms with Crippen LogP contribution in [0.25, 0.3) is 0 Å². The third kappa shape index (κ3) is 10.9. The first-order valence-corrected chi connectivity index (χ1v) is 11.5. The van der Waals surface area contributed by atoms with Crippen molar-refractivity contribution in [3.05, 3.63) is 59.8 Å². The van der Waals surface area contributed by atoms with Gasteiger partial charge in [0.15, 0.2) is 6.29 Å². The summed E-state index contributed by atoms with van der Waals surface area (Å²) in [6.45, 7) is 14.4. The molecule has 0 saturated carbocycles. The van der Waals surface area contributed by atoms with Gasteiger partial charge in [0.25, 0.3) is 0 Å². The molecule has 1 heterocycles. The topological polar surface area (TPSA) is 35.5 Å². The number of Topliss-reactive ketones (excluding diaryl/α,β-unsaturated/α-hetero) is 1. The van der Waals surface area contributed by atoms with Crippen LogP contribution in [0.15, 0.2) is 59.8 Å². The van der Waals surface area contributed by atoms with Gasteiger partial charge in [0.2, 0.25) is 0 Å². The van der Waals surface area contributed by atoms with Gasteiger partial charge in [-0.25, -0.2) is 0 Å². The Morgan fingerprint density at radius 3 is 2.50 bits per heavy atom. The lowest BCUT2D eigenvalue weighted by atomic mass is 9.99. The first kappa shape index (κ1) is 26.3. The van der Waals surface area contributed by atoms with Crippen LogP contribution < -0.4 is 0 Å². The fraction of sp³-hybridized carbons (Fsp3) is 0.593. The molecule has 0 radical (unpaired) electrons. The minimum atomic E-state index is -0.252. The number of allylic oxidation sites excluding steroid dienone is 7. The maximum atomic E-state index is 11.7. The summed E-state index contributed by atoms with van der Waals surface area (Å²) < 4.78 is 11.7. The summed E-state index contributed by atoms with van der Waals surface area (Å²) in [6, 6.07) is 0. The van der Waals surface area contributed by atoms with Gasteiger partial charge >= 0.3 is 0 Å². The zero-order chi connectivity index (χ0) is 22.5. The molecule has 1 rings (SSSR count). The number of ketones is 1. The van der Waals surface area contributed by atoms with E-state index < -0.39 is 0 Å². The lowest BCUT2D eigenvalue weighted by Gasteiger charge is -2.25. The van der Waals surface area contributed by atoms with Crippen molar-refractivity contribution in [2.75, 3.05) is 0 Å². The van der Waals surface area contributed by atoms with E-state index >= 15 is 0 Å². The van der Waals surface area contributed by atoms with E-state index in [2.05, 4.69) is 63.3 Å². The molecular formula is C27H42O3. The van der Waals surface area contributed by atoms with Gasteiger partial charge in [0.05, 0.1) is 12.2 Å². The Bertz CT molecular complexity index is 664. The predicted molar refractivity (Wildman–Crippen MR) is 127 cm³/mol. The highest BCUT2D eigenvalue weighted by molar-refractivity contribution is 5.82. The molecular weight excluding hydrogens is 372 g/mol. The van der Waals surface area contributed by atoms with Gasteiger partial charge in [-0.2, -0.15) is 0 Å². The zero-order valence-corrected chi connectivity index (χ0v) is 20.1. The maximum absolute atomic E-state index is 11.7. The van der Waals surface area contributed by atoms with Gasteiger partial charge < -0.3 is 9.47 Å². The molecule has 0 aromatic heterocycles. The fourth-order valence-electron chi connectivity index (χ4n) is 3.36. The van der Waals surface area contributed by atoms with Crippen LogP contribution in [0.5, 0.6) is 0 Å². The van der Waals surface area contributed by atoms with E-state index in [1.54, 1.807) is 0 Å². The van der Waals surface area contributed by atoms with Gasteiger partial charge in [0, 0.05) is 12.3 Å². The first-order chi connectivity index (χ1) is 14.2. The molecule has 0 bridgehead atoms. The standard InChI is InChI=1S/C27H42O3/c1-8-24(16-17-25-14-11-15-27(30-25)29-20(3)4)19-22(6)13-10-12-21(5)18-23(7)26(28)9-2/h10-12,15-20,22-23,25,27H,8-9,13-14H2,1-7H3/b12-10+,17-16+,21-18+,24-19-/t22-,23-,25-,27-/m1/s1. The van der Waals surface area contributed by atoms with E-state index in [4.69, 9.17) is 9.47 Å². The van der Waals surface area contributed by atoms with Crippen LogP contribution in [-0.2, 0) is 14.3 Å². The van der Waals surface area contributed by atoms with Crippen LogP contribution >= 0.6 is 0 Å². The SMILES string of the molecule is CCC(=O)[C@H](C)/C=C(C)/C=C/C[C@@H](C)/C=C(\C=C\[C@H]1CC=C[C@H](OC(C)C)O1)CC. The van der Waals surface area contributed by atoms with Crippen LogP contribution in [0.4, 0.5) is 0 Å². The molecule has 0 spiro atoms. The van der Waals surface area contributed by atoms with Crippen molar-refractivity contribution >= 4 is 5.78 Å². The van der Waals surface area contributed by atoms with Crippen LogP contribution in [0.3, 0.4) is 0 Å².